The van der Waals surface area contributed by atoms with Crippen LogP contribution in [-0.2, 0) is 0 Å². The molecule has 0 atom stereocenters. The first-order chi connectivity index (χ1) is 10.1. The lowest BCUT2D eigenvalue weighted by atomic mass is 10.2. The highest BCUT2D eigenvalue weighted by Crippen LogP contribution is 2.17. The number of amides is 1. The van der Waals surface area contributed by atoms with E-state index in [1.165, 1.54) is 12.8 Å². The maximum atomic E-state index is 11.9. The van der Waals surface area contributed by atoms with Crippen molar-refractivity contribution in [3.63, 3.8) is 0 Å². The van der Waals surface area contributed by atoms with Crippen molar-refractivity contribution in [3.8, 4) is 0 Å². The quantitative estimate of drug-likeness (QED) is 0.431. The third-order valence-corrected chi connectivity index (χ3v) is 4.02. The number of nitrogens with zero attached hydrogens (tertiary/aromatic N) is 1. The Balaban J connectivity index is 1.68. The third-order valence-electron chi connectivity index (χ3n) is 3.49. The lowest BCUT2D eigenvalue weighted by molar-refractivity contribution is 0.0955. The van der Waals surface area contributed by atoms with Crippen molar-refractivity contribution in [1.29, 1.82) is 0 Å². The SMILES string of the molecule is NC(=NCCNC(=O)c1ccc(Br)cc1)NC1CCCC1. The summed E-state index contributed by atoms with van der Waals surface area (Å²) >= 11 is 3.34. The molecule has 1 aromatic carbocycles. The molecule has 4 N–H and O–H groups in total. The van der Waals surface area contributed by atoms with Crippen LogP contribution in [0, 0.1) is 0 Å². The van der Waals surface area contributed by atoms with Crippen LogP contribution in [0.15, 0.2) is 33.7 Å². The Bertz CT molecular complexity index is 495. The molecule has 0 unspecified atom stereocenters. The van der Waals surface area contributed by atoms with Crippen molar-refractivity contribution < 1.29 is 4.79 Å². The fraction of sp³-hybridized carbons (Fsp3) is 0.467. The Kier molecular flexibility index (Phi) is 6.04. The van der Waals surface area contributed by atoms with Gasteiger partial charge in [-0.3, -0.25) is 9.79 Å². The fourth-order valence-corrected chi connectivity index (χ4v) is 2.64. The predicted molar refractivity (Wildman–Crippen MR) is 88.4 cm³/mol. The van der Waals surface area contributed by atoms with Crippen LogP contribution in [0.3, 0.4) is 0 Å². The number of aliphatic imine (C=N–C) groups is 1. The smallest absolute Gasteiger partial charge is 0.251 e. The fourth-order valence-electron chi connectivity index (χ4n) is 2.37. The van der Waals surface area contributed by atoms with Gasteiger partial charge in [-0.1, -0.05) is 28.8 Å². The molecule has 114 valence electrons. The van der Waals surface area contributed by atoms with Crippen LogP contribution in [0.5, 0.6) is 0 Å². The van der Waals surface area contributed by atoms with Crippen LogP contribution in [0.4, 0.5) is 0 Å². The molecule has 0 aromatic heterocycles. The average molecular weight is 353 g/mol. The van der Waals surface area contributed by atoms with Gasteiger partial charge in [0, 0.05) is 22.6 Å². The number of carbonyl (C=O) groups is 1. The van der Waals surface area contributed by atoms with E-state index in [1.807, 2.05) is 12.1 Å². The second kappa shape index (κ2) is 8.02. The zero-order valence-electron chi connectivity index (χ0n) is 11.9. The van der Waals surface area contributed by atoms with Crippen LogP contribution < -0.4 is 16.4 Å². The number of hydrogen-bond donors (Lipinski definition) is 3. The second-order valence-corrected chi connectivity index (χ2v) is 6.07. The van der Waals surface area contributed by atoms with Gasteiger partial charge < -0.3 is 16.4 Å². The highest BCUT2D eigenvalue weighted by Gasteiger charge is 2.14. The minimum absolute atomic E-state index is 0.0972. The zero-order chi connectivity index (χ0) is 15.1. The first-order valence-corrected chi connectivity index (χ1v) is 8.04. The van der Waals surface area contributed by atoms with Crippen molar-refractivity contribution in [2.75, 3.05) is 13.1 Å². The van der Waals surface area contributed by atoms with Gasteiger partial charge in [-0.2, -0.15) is 0 Å². The van der Waals surface area contributed by atoms with E-state index in [2.05, 4.69) is 31.6 Å². The molecule has 5 nitrogen and oxygen atoms in total. The van der Waals surface area contributed by atoms with E-state index in [0.717, 1.165) is 17.3 Å². The number of nitrogens with one attached hydrogen (secondary N) is 2. The van der Waals surface area contributed by atoms with Crippen molar-refractivity contribution in [3.05, 3.63) is 34.3 Å². The van der Waals surface area contributed by atoms with E-state index >= 15 is 0 Å². The van der Waals surface area contributed by atoms with Crippen LogP contribution in [0.2, 0.25) is 0 Å². The Morgan fingerprint density at radius 2 is 1.95 bits per heavy atom. The van der Waals surface area contributed by atoms with E-state index in [4.69, 9.17) is 5.73 Å². The summed E-state index contributed by atoms with van der Waals surface area (Å²) in [5, 5.41) is 6.04. The molecule has 6 heteroatoms. The van der Waals surface area contributed by atoms with Crippen LogP contribution in [0.1, 0.15) is 36.0 Å². The molecule has 0 heterocycles. The summed E-state index contributed by atoms with van der Waals surface area (Å²) in [5.74, 6) is 0.375. The molecule has 2 rings (SSSR count). The molecule has 1 fully saturated rings. The lowest BCUT2D eigenvalue weighted by Crippen LogP contribution is -2.39. The number of nitrogens with two attached hydrogens (primary N) is 1. The molecular weight excluding hydrogens is 332 g/mol. The molecule has 1 amide bonds. The van der Waals surface area contributed by atoms with Gasteiger partial charge in [0.25, 0.3) is 5.91 Å². The molecule has 0 radical (unpaired) electrons. The minimum Gasteiger partial charge on any atom is -0.370 e. The van der Waals surface area contributed by atoms with Gasteiger partial charge in [0.2, 0.25) is 0 Å². The van der Waals surface area contributed by atoms with Gasteiger partial charge in [-0.05, 0) is 37.1 Å². The van der Waals surface area contributed by atoms with Crippen molar-refractivity contribution in [2.45, 2.75) is 31.7 Å². The molecule has 1 saturated carbocycles. The third kappa shape index (κ3) is 5.38. The highest BCUT2D eigenvalue weighted by atomic mass is 79.9. The number of carbonyl (C=O) groups excluding carboxylic acids is 1. The minimum atomic E-state index is -0.0972. The first-order valence-electron chi connectivity index (χ1n) is 7.25. The molecular formula is C15H21BrN4O. The van der Waals surface area contributed by atoms with Gasteiger partial charge in [-0.15, -0.1) is 0 Å². The van der Waals surface area contributed by atoms with Gasteiger partial charge in [0.15, 0.2) is 5.96 Å². The summed E-state index contributed by atoms with van der Waals surface area (Å²) in [6, 6.07) is 7.70. The average Bonchev–Trinajstić information content (AvgIpc) is 2.97. The molecule has 1 aliphatic carbocycles. The normalized spacial score (nSPS) is 16.0. The van der Waals surface area contributed by atoms with E-state index in [-0.39, 0.29) is 5.91 Å². The second-order valence-electron chi connectivity index (χ2n) is 5.16. The Hall–Kier alpha value is -1.56. The summed E-state index contributed by atoms with van der Waals surface area (Å²) in [6.45, 7) is 0.954. The van der Waals surface area contributed by atoms with Gasteiger partial charge in [0.05, 0.1) is 6.54 Å². The number of benzene rings is 1. The number of hydrogen-bond acceptors (Lipinski definition) is 2. The van der Waals surface area contributed by atoms with E-state index in [9.17, 15) is 4.79 Å². The van der Waals surface area contributed by atoms with Gasteiger partial charge in [-0.25, -0.2) is 0 Å². The van der Waals surface area contributed by atoms with Crippen LogP contribution in [0.25, 0.3) is 0 Å². The molecule has 21 heavy (non-hydrogen) atoms. The predicted octanol–water partition coefficient (Wildman–Crippen LogP) is 2.03. The summed E-state index contributed by atoms with van der Waals surface area (Å²) in [6.07, 6.45) is 4.84. The molecule has 0 aliphatic heterocycles. The number of halogens is 1. The monoisotopic (exact) mass is 352 g/mol. The largest absolute Gasteiger partial charge is 0.370 e. The standard InChI is InChI=1S/C15H21BrN4O/c16-12-7-5-11(6-8-12)14(21)18-9-10-19-15(17)20-13-3-1-2-4-13/h5-8,13H,1-4,9-10H2,(H,18,21)(H3,17,19,20). The van der Waals surface area contributed by atoms with E-state index < -0.39 is 0 Å². The Morgan fingerprint density at radius 3 is 2.62 bits per heavy atom. The van der Waals surface area contributed by atoms with E-state index in [0.29, 0.717) is 30.7 Å². The summed E-state index contributed by atoms with van der Waals surface area (Å²) in [7, 11) is 0. The van der Waals surface area contributed by atoms with Crippen LogP contribution >= 0.6 is 15.9 Å². The lowest BCUT2D eigenvalue weighted by Gasteiger charge is -2.12. The van der Waals surface area contributed by atoms with Crippen molar-refractivity contribution in [2.24, 2.45) is 10.7 Å². The molecule has 1 aliphatic rings. The van der Waals surface area contributed by atoms with Crippen LogP contribution in [-0.4, -0.2) is 31.0 Å². The molecule has 0 saturated heterocycles. The summed E-state index contributed by atoms with van der Waals surface area (Å²) in [4.78, 5) is 16.1. The van der Waals surface area contributed by atoms with E-state index in [1.54, 1.807) is 12.1 Å². The maximum Gasteiger partial charge on any atom is 0.251 e. The van der Waals surface area contributed by atoms with Crippen molar-refractivity contribution >= 4 is 27.8 Å². The molecule has 1 aromatic rings. The Morgan fingerprint density at radius 1 is 1.29 bits per heavy atom. The summed E-state index contributed by atoms with van der Waals surface area (Å²) < 4.78 is 0.953. The maximum absolute atomic E-state index is 11.9. The highest BCUT2D eigenvalue weighted by molar-refractivity contribution is 9.10. The first kappa shape index (κ1) is 15.8. The molecule has 0 bridgehead atoms. The van der Waals surface area contributed by atoms with Gasteiger partial charge in [0.1, 0.15) is 0 Å². The number of rotatable bonds is 5. The zero-order valence-corrected chi connectivity index (χ0v) is 13.5. The van der Waals surface area contributed by atoms with Gasteiger partial charge >= 0.3 is 0 Å². The summed E-state index contributed by atoms with van der Waals surface area (Å²) in [5.41, 5.74) is 6.46. The Labute approximate surface area is 133 Å². The number of guanidine groups is 1. The molecule has 0 spiro atoms. The van der Waals surface area contributed by atoms with Crippen molar-refractivity contribution in [1.82, 2.24) is 10.6 Å². The topological polar surface area (TPSA) is 79.5 Å².